The van der Waals surface area contributed by atoms with Crippen molar-refractivity contribution >= 4 is 15.9 Å². The number of rotatable bonds is 3. The lowest BCUT2D eigenvalue weighted by Gasteiger charge is -2.26. The van der Waals surface area contributed by atoms with Crippen LogP contribution in [0.5, 0.6) is 0 Å². The number of benzene rings is 1. The van der Waals surface area contributed by atoms with Gasteiger partial charge in [0.15, 0.2) is 0 Å². The van der Waals surface area contributed by atoms with Crippen LogP contribution in [0.4, 0.5) is 4.39 Å². The third-order valence-corrected chi connectivity index (χ3v) is 4.25. The van der Waals surface area contributed by atoms with Gasteiger partial charge in [0.2, 0.25) is 0 Å². The van der Waals surface area contributed by atoms with Gasteiger partial charge in [0, 0.05) is 10.5 Å². The summed E-state index contributed by atoms with van der Waals surface area (Å²) < 4.78 is 14.2. The summed E-state index contributed by atoms with van der Waals surface area (Å²) >= 11 is 3.34. The van der Waals surface area contributed by atoms with E-state index in [9.17, 15) is 4.39 Å². The first-order valence-electron chi connectivity index (χ1n) is 6.63. The zero-order chi connectivity index (χ0) is 13.0. The average Bonchev–Trinajstić information content (AvgIpc) is 2.58. The maximum Gasteiger partial charge on any atom is 0.124 e. The predicted octanol–water partition coefficient (Wildman–Crippen LogP) is 4.06. The topological polar surface area (TPSA) is 38.0 Å². The SMILES string of the molecule is NNC(c1cc(F)cc(Br)c1)C1CCCCCC1. The van der Waals surface area contributed by atoms with E-state index in [4.69, 9.17) is 5.84 Å². The van der Waals surface area contributed by atoms with E-state index in [1.165, 1.54) is 44.6 Å². The molecule has 1 unspecified atom stereocenters. The number of nitrogens with two attached hydrogens (primary N) is 1. The van der Waals surface area contributed by atoms with Gasteiger partial charge in [-0.15, -0.1) is 0 Å². The van der Waals surface area contributed by atoms with Crippen molar-refractivity contribution in [3.8, 4) is 0 Å². The quantitative estimate of drug-likeness (QED) is 0.501. The maximum absolute atomic E-state index is 13.5. The van der Waals surface area contributed by atoms with Gasteiger partial charge in [-0.3, -0.25) is 11.3 Å². The lowest BCUT2D eigenvalue weighted by Crippen LogP contribution is -2.33. The van der Waals surface area contributed by atoms with Crippen molar-refractivity contribution < 1.29 is 4.39 Å². The molecule has 0 aliphatic heterocycles. The first kappa shape index (κ1) is 14.0. The van der Waals surface area contributed by atoms with Gasteiger partial charge in [0.05, 0.1) is 0 Å². The van der Waals surface area contributed by atoms with Gasteiger partial charge in [-0.2, -0.15) is 0 Å². The Kier molecular flexibility index (Phi) is 5.15. The number of halogens is 2. The molecule has 0 aromatic heterocycles. The van der Waals surface area contributed by atoms with E-state index in [1.54, 1.807) is 6.07 Å². The summed E-state index contributed by atoms with van der Waals surface area (Å²) in [6.07, 6.45) is 7.45. The molecule has 1 fully saturated rings. The van der Waals surface area contributed by atoms with Crippen LogP contribution in [0.3, 0.4) is 0 Å². The second-order valence-corrected chi connectivity index (χ2v) is 6.01. The van der Waals surface area contributed by atoms with Crippen LogP contribution in [0.15, 0.2) is 22.7 Å². The highest BCUT2D eigenvalue weighted by Gasteiger charge is 2.23. The van der Waals surface area contributed by atoms with Crippen LogP contribution in [0.2, 0.25) is 0 Å². The van der Waals surface area contributed by atoms with Gasteiger partial charge in [-0.05, 0) is 42.5 Å². The molecule has 1 aliphatic carbocycles. The fourth-order valence-corrected chi connectivity index (χ4v) is 3.39. The molecule has 1 aromatic carbocycles. The summed E-state index contributed by atoms with van der Waals surface area (Å²) in [6, 6.07) is 5.07. The average molecular weight is 315 g/mol. The lowest BCUT2D eigenvalue weighted by atomic mass is 9.87. The van der Waals surface area contributed by atoms with Crippen LogP contribution in [0, 0.1) is 11.7 Å². The van der Waals surface area contributed by atoms with Gasteiger partial charge in [0.1, 0.15) is 5.82 Å². The van der Waals surface area contributed by atoms with Crippen LogP contribution in [-0.4, -0.2) is 0 Å². The Balaban J connectivity index is 2.20. The summed E-state index contributed by atoms with van der Waals surface area (Å²) in [6.45, 7) is 0. The van der Waals surface area contributed by atoms with Gasteiger partial charge < -0.3 is 0 Å². The van der Waals surface area contributed by atoms with Gasteiger partial charge in [-0.25, -0.2) is 4.39 Å². The minimum absolute atomic E-state index is 0.0510. The Bertz CT molecular complexity index is 369. The molecular weight excluding hydrogens is 295 g/mol. The van der Waals surface area contributed by atoms with E-state index in [1.807, 2.05) is 6.07 Å². The summed E-state index contributed by atoms with van der Waals surface area (Å²) in [7, 11) is 0. The molecule has 0 amide bonds. The fourth-order valence-electron chi connectivity index (χ4n) is 2.90. The van der Waals surface area contributed by atoms with Crippen LogP contribution in [0.25, 0.3) is 0 Å². The monoisotopic (exact) mass is 314 g/mol. The van der Waals surface area contributed by atoms with E-state index < -0.39 is 0 Å². The van der Waals surface area contributed by atoms with Gasteiger partial charge in [-0.1, -0.05) is 41.6 Å². The molecule has 0 spiro atoms. The molecule has 4 heteroatoms. The Hall–Kier alpha value is -0.450. The highest BCUT2D eigenvalue weighted by Crippen LogP contribution is 2.34. The molecule has 1 saturated carbocycles. The van der Waals surface area contributed by atoms with Crippen molar-refractivity contribution in [2.75, 3.05) is 0 Å². The van der Waals surface area contributed by atoms with Crippen molar-refractivity contribution in [1.29, 1.82) is 0 Å². The summed E-state index contributed by atoms with van der Waals surface area (Å²) in [5, 5.41) is 0. The van der Waals surface area contributed by atoms with Crippen LogP contribution < -0.4 is 11.3 Å². The molecule has 18 heavy (non-hydrogen) atoms. The molecular formula is C14H20BrFN2. The largest absolute Gasteiger partial charge is 0.271 e. The van der Waals surface area contributed by atoms with Crippen molar-refractivity contribution in [2.45, 2.75) is 44.6 Å². The molecule has 100 valence electrons. The van der Waals surface area contributed by atoms with Crippen LogP contribution in [-0.2, 0) is 0 Å². The zero-order valence-corrected chi connectivity index (χ0v) is 12.0. The van der Waals surface area contributed by atoms with E-state index in [0.29, 0.717) is 5.92 Å². The molecule has 0 bridgehead atoms. The van der Waals surface area contributed by atoms with Crippen molar-refractivity contribution in [2.24, 2.45) is 11.8 Å². The fraction of sp³-hybridized carbons (Fsp3) is 0.571. The van der Waals surface area contributed by atoms with E-state index in [2.05, 4.69) is 21.4 Å². The molecule has 0 saturated heterocycles. The predicted molar refractivity (Wildman–Crippen MR) is 75.4 cm³/mol. The van der Waals surface area contributed by atoms with Crippen molar-refractivity contribution in [3.05, 3.63) is 34.1 Å². The molecule has 1 aromatic rings. The normalized spacial score (nSPS) is 19.5. The summed E-state index contributed by atoms with van der Waals surface area (Å²) in [4.78, 5) is 0. The van der Waals surface area contributed by atoms with Gasteiger partial charge in [0.25, 0.3) is 0 Å². The number of hydrazine groups is 1. The number of hydrogen-bond donors (Lipinski definition) is 2. The number of nitrogens with one attached hydrogen (secondary N) is 1. The molecule has 2 nitrogen and oxygen atoms in total. The second kappa shape index (κ2) is 6.64. The summed E-state index contributed by atoms with van der Waals surface area (Å²) in [5.74, 6) is 5.99. The van der Waals surface area contributed by atoms with E-state index >= 15 is 0 Å². The first-order valence-corrected chi connectivity index (χ1v) is 7.42. The molecule has 0 heterocycles. The van der Waals surface area contributed by atoms with Crippen LogP contribution in [0.1, 0.15) is 50.1 Å². The first-order chi connectivity index (χ1) is 8.70. The molecule has 3 N–H and O–H groups in total. The van der Waals surface area contributed by atoms with Crippen molar-refractivity contribution in [1.82, 2.24) is 5.43 Å². The number of hydrogen-bond acceptors (Lipinski definition) is 2. The highest BCUT2D eigenvalue weighted by molar-refractivity contribution is 9.10. The highest BCUT2D eigenvalue weighted by atomic mass is 79.9. The Morgan fingerprint density at radius 3 is 2.39 bits per heavy atom. The lowest BCUT2D eigenvalue weighted by molar-refractivity contribution is 0.328. The van der Waals surface area contributed by atoms with Crippen LogP contribution >= 0.6 is 15.9 Å². The summed E-state index contributed by atoms with van der Waals surface area (Å²) in [5.41, 5.74) is 3.82. The van der Waals surface area contributed by atoms with Gasteiger partial charge >= 0.3 is 0 Å². The Morgan fingerprint density at radius 1 is 1.17 bits per heavy atom. The zero-order valence-electron chi connectivity index (χ0n) is 10.5. The third-order valence-electron chi connectivity index (χ3n) is 3.79. The molecule has 1 atom stereocenters. The van der Waals surface area contributed by atoms with E-state index in [0.717, 1.165) is 10.0 Å². The second-order valence-electron chi connectivity index (χ2n) is 5.10. The third kappa shape index (κ3) is 3.53. The Morgan fingerprint density at radius 2 is 1.83 bits per heavy atom. The van der Waals surface area contributed by atoms with E-state index in [-0.39, 0.29) is 11.9 Å². The standard InChI is InChI=1S/C14H20BrFN2/c15-12-7-11(8-13(16)9-12)14(18-17)10-5-3-1-2-4-6-10/h7-10,14,18H,1-6,17H2. The molecule has 0 radical (unpaired) electrons. The minimum Gasteiger partial charge on any atom is -0.271 e. The minimum atomic E-state index is -0.215. The maximum atomic E-state index is 13.5. The van der Waals surface area contributed by atoms with Crippen molar-refractivity contribution in [3.63, 3.8) is 0 Å². The molecule has 2 rings (SSSR count). The molecule has 1 aliphatic rings. The smallest absolute Gasteiger partial charge is 0.124 e. The Labute approximate surface area is 116 Å².